The number of hydrogen-bond acceptors (Lipinski definition) is 4. The largest absolute Gasteiger partial charge is 0.481 e. The molecule has 0 aromatic heterocycles. The Balaban J connectivity index is 0.000000167. The van der Waals surface area contributed by atoms with Crippen molar-refractivity contribution in [2.75, 3.05) is 0 Å². The predicted molar refractivity (Wildman–Crippen MR) is 215 cm³/mol. The molecular formula is C48H80O6. The molecule has 8 aliphatic rings. The zero-order valence-corrected chi connectivity index (χ0v) is 35.2. The molecule has 18 atom stereocenters. The molecule has 4 N–H and O–H groups in total. The Labute approximate surface area is 328 Å². The number of rotatable bonds is 8. The zero-order chi connectivity index (χ0) is 38.8. The topological polar surface area (TPSA) is 115 Å². The van der Waals surface area contributed by atoms with Crippen molar-refractivity contribution in [3.8, 4) is 0 Å². The molecule has 0 amide bonds. The first kappa shape index (κ1) is 41.0. The van der Waals surface area contributed by atoms with Gasteiger partial charge in [-0.15, -0.1) is 0 Å². The third-order valence-electron chi connectivity index (χ3n) is 20.4. The van der Waals surface area contributed by atoms with Gasteiger partial charge in [-0.3, -0.25) is 9.59 Å². The van der Waals surface area contributed by atoms with Gasteiger partial charge in [0.25, 0.3) is 0 Å². The number of carboxylic acid groups (broad SMARTS) is 2. The number of aliphatic hydroxyl groups is 2. The van der Waals surface area contributed by atoms with E-state index in [1.165, 1.54) is 89.9 Å². The smallest absolute Gasteiger partial charge is 0.303 e. The number of carboxylic acids is 2. The van der Waals surface area contributed by atoms with Gasteiger partial charge in [-0.25, -0.2) is 0 Å². The molecule has 6 nitrogen and oxygen atoms in total. The number of hydrogen-bond donors (Lipinski definition) is 4. The summed E-state index contributed by atoms with van der Waals surface area (Å²) in [5, 5.41) is 39.6. The van der Waals surface area contributed by atoms with Gasteiger partial charge in [-0.05, 0) is 208 Å². The number of carbonyl (C=O) groups is 2. The maximum Gasteiger partial charge on any atom is 0.303 e. The van der Waals surface area contributed by atoms with Crippen LogP contribution in [-0.2, 0) is 9.59 Å². The number of aliphatic hydroxyl groups excluding tert-OH is 2. The SMILES string of the molecule is C[C@H](CCC(=O)O)[C@H]1CC[C@H]2[C@@H]3CCC4CCCC[C@]4(C)[C@H]3CC[C@]12C.C[C@H](CCC(=O)O)[C@H]1CC[C@H]2[C@@H]3[C@@H](O)C[C@@H]4C[C@H](O)CC[C@]4(C)[C@H]3CC[C@]12C. The summed E-state index contributed by atoms with van der Waals surface area (Å²) in [6.07, 6.45) is 24.9. The molecule has 8 saturated carbocycles. The molecule has 0 spiro atoms. The van der Waals surface area contributed by atoms with Crippen LogP contribution in [0.4, 0.5) is 0 Å². The van der Waals surface area contributed by atoms with E-state index in [9.17, 15) is 19.8 Å². The van der Waals surface area contributed by atoms with Crippen LogP contribution in [0, 0.1) is 92.7 Å². The highest BCUT2D eigenvalue weighted by Gasteiger charge is 2.63. The standard InChI is InChI=1S/C24H40O4.C24H40O2/c1-14(4-7-21(27)28)17-5-6-18-22-19(9-11-24(17,18)3)23(2)10-8-16(25)12-15(23)13-20(22)26;1-16(7-12-22(25)26)19-10-11-20-18-9-8-17-6-4-5-14-23(17,2)21(18)13-15-24(19,20)3/h14-20,22,25-26H,4-13H2,1-3H3,(H,27,28);16-21H,4-15H2,1-3H3,(H,25,26)/t14-,15+,16-,17-,18+,19+,20+,22+,23+,24-;16-,17?,18+,19-,20+,21+,23+,24-/m11/s1. The Morgan fingerprint density at radius 1 is 0.556 bits per heavy atom. The van der Waals surface area contributed by atoms with Crippen molar-refractivity contribution in [1.82, 2.24) is 0 Å². The van der Waals surface area contributed by atoms with Crippen LogP contribution in [0.5, 0.6) is 0 Å². The summed E-state index contributed by atoms with van der Waals surface area (Å²) in [5.74, 6) is 6.92. The van der Waals surface area contributed by atoms with E-state index in [-0.39, 0.29) is 29.5 Å². The van der Waals surface area contributed by atoms with Gasteiger partial charge < -0.3 is 20.4 Å². The van der Waals surface area contributed by atoms with Crippen molar-refractivity contribution >= 4 is 11.9 Å². The van der Waals surface area contributed by atoms with Gasteiger partial charge in [0.2, 0.25) is 0 Å². The van der Waals surface area contributed by atoms with Crippen LogP contribution in [0.2, 0.25) is 0 Å². The first-order valence-electron chi connectivity index (χ1n) is 23.3. The van der Waals surface area contributed by atoms with Crippen LogP contribution in [0.15, 0.2) is 0 Å². The van der Waals surface area contributed by atoms with Gasteiger partial charge in [0, 0.05) is 12.8 Å². The third kappa shape index (κ3) is 7.06. The minimum Gasteiger partial charge on any atom is -0.481 e. The van der Waals surface area contributed by atoms with Crippen molar-refractivity contribution in [1.29, 1.82) is 0 Å². The monoisotopic (exact) mass is 753 g/mol. The van der Waals surface area contributed by atoms with E-state index in [0.29, 0.717) is 58.7 Å². The molecule has 0 aliphatic heterocycles. The maximum absolute atomic E-state index is 11.2. The molecule has 0 saturated heterocycles. The second-order valence-corrected chi connectivity index (χ2v) is 22.4. The Hall–Kier alpha value is -1.14. The molecule has 0 heterocycles. The van der Waals surface area contributed by atoms with E-state index < -0.39 is 11.9 Å². The van der Waals surface area contributed by atoms with Crippen LogP contribution in [0.3, 0.4) is 0 Å². The molecule has 54 heavy (non-hydrogen) atoms. The van der Waals surface area contributed by atoms with E-state index in [0.717, 1.165) is 68.1 Å². The molecule has 6 heteroatoms. The molecule has 1 unspecified atom stereocenters. The fourth-order valence-electron chi connectivity index (χ4n) is 17.6. The Morgan fingerprint density at radius 3 is 1.70 bits per heavy atom. The maximum atomic E-state index is 11.2. The summed E-state index contributed by atoms with van der Waals surface area (Å²) in [4.78, 5) is 22.1. The summed E-state index contributed by atoms with van der Waals surface area (Å²) in [5.41, 5.74) is 1.64. The molecule has 8 aliphatic carbocycles. The summed E-state index contributed by atoms with van der Waals surface area (Å²) < 4.78 is 0. The minimum absolute atomic E-state index is 0.179. The lowest BCUT2D eigenvalue weighted by Gasteiger charge is -2.62. The molecule has 0 aromatic rings. The van der Waals surface area contributed by atoms with E-state index in [1.54, 1.807) is 0 Å². The quantitative estimate of drug-likeness (QED) is 0.196. The predicted octanol–water partition coefficient (Wildman–Crippen LogP) is 11.0. The van der Waals surface area contributed by atoms with E-state index in [2.05, 4.69) is 41.5 Å². The first-order chi connectivity index (χ1) is 25.5. The zero-order valence-electron chi connectivity index (χ0n) is 35.2. The molecular weight excluding hydrogens is 673 g/mol. The van der Waals surface area contributed by atoms with Gasteiger partial charge >= 0.3 is 11.9 Å². The lowest BCUT2D eigenvalue weighted by Crippen LogP contribution is -2.58. The highest BCUT2D eigenvalue weighted by atomic mass is 16.4. The fraction of sp³-hybridized carbons (Fsp3) is 0.958. The average molecular weight is 753 g/mol. The summed E-state index contributed by atoms with van der Waals surface area (Å²) in [7, 11) is 0. The molecule has 308 valence electrons. The van der Waals surface area contributed by atoms with Gasteiger partial charge in [0.05, 0.1) is 12.2 Å². The molecule has 8 fully saturated rings. The Kier molecular flexibility index (Phi) is 11.8. The van der Waals surface area contributed by atoms with Gasteiger partial charge in [0.15, 0.2) is 0 Å². The highest BCUT2D eigenvalue weighted by Crippen LogP contribution is 2.70. The van der Waals surface area contributed by atoms with Crippen molar-refractivity contribution in [3.63, 3.8) is 0 Å². The van der Waals surface area contributed by atoms with E-state index in [1.807, 2.05) is 0 Å². The van der Waals surface area contributed by atoms with Crippen molar-refractivity contribution in [2.24, 2.45) is 92.7 Å². The molecule has 0 aromatic carbocycles. The minimum atomic E-state index is -0.684. The fourth-order valence-corrected chi connectivity index (χ4v) is 17.6. The first-order valence-corrected chi connectivity index (χ1v) is 23.3. The summed E-state index contributed by atoms with van der Waals surface area (Å²) in [6.45, 7) is 14.8. The van der Waals surface area contributed by atoms with Gasteiger partial charge in [-0.1, -0.05) is 54.4 Å². The second-order valence-electron chi connectivity index (χ2n) is 22.4. The molecule has 0 bridgehead atoms. The normalized spacial score (nSPS) is 50.4. The summed E-state index contributed by atoms with van der Waals surface area (Å²) >= 11 is 0. The van der Waals surface area contributed by atoms with Gasteiger partial charge in [0.1, 0.15) is 0 Å². The average Bonchev–Trinajstić information content (AvgIpc) is 3.67. The van der Waals surface area contributed by atoms with E-state index in [4.69, 9.17) is 10.2 Å². The van der Waals surface area contributed by atoms with Crippen molar-refractivity contribution in [2.45, 2.75) is 195 Å². The van der Waals surface area contributed by atoms with Crippen LogP contribution in [0.25, 0.3) is 0 Å². The van der Waals surface area contributed by atoms with Crippen LogP contribution in [-0.4, -0.2) is 44.6 Å². The Morgan fingerprint density at radius 2 is 1.07 bits per heavy atom. The van der Waals surface area contributed by atoms with Crippen LogP contribution < -0.4 is 0 Å². The van der Waals surface area contributed by atoms with Crippen LogP contribution in [0.1, 0.15) is 183 Å². The van der Waals surface area contributed by atoms with E-state index >= 15 is 0 Å². The molecule has 0 radical (unpaired) electrons. The third-order valence-corrected chi connectivity index (χ3v) is 20.4. The summed E-state index contributed by atoms with van der Waals surface area (Å²) in [6, 6.07) is 0. The lowest BCUT2D eigenvalue weighted by atomic mass is 9.43. The lowest BCUT2D eigenvalue weighted by molar-refractivity contribution is -0.174. The van der Waals surface area contributed by atoms with Gasteiger partial charge in [-0.2, -0.15) is 0 Å². The van der Waals surface area contributed by atoms with Crippen molar-refractivity contribution in [3.05, 3.63) is 0 Å². The van der Waals surface area contributed by atoms with Crippen LogP contribution >= 0.6 is 0 Å². The second kappa shape index (κ2) is 15.6. The highest BCUT2D eigenvalue weighted by molar-refractivity contribution is 5.66. The number of aliphatic carboxylic acids is 2. The number of fused-ring (bicyclic) bond motifs is 10. The Bertz CT molecular complexity index is 1350. The van der Waals surface area contributed by atoms with Crippen molar-refractivity contribution < 1.29 is 30.0 Å². The molecule has 8 rings (SSSR count).